The monoisotopic (exact) mass is 451 g/mol. The number of aliphatic imine (C=N–C) groups is 1. The first kappa shape index (κ1) is 17.8. The summed E-state index contributed by atoms with van der Waals surface area (Å²) >= 11 is 3.55. The van der Waals surface area contributed by atoms with Crippen molar-refractivity contribution in [3.8, 4) is 0 Å². The third kappa shape index (κ3) is 4.62. The molecule has 3 nitrogen and oxygen atoms in total. The van der Waals surface area contributed by atoms with Crippen LogP contribution in [0.2, 0.25) is 0 Å². The highest BCUT2D eigenvalue weighted by atomic mass is 127. The largest absolute Gasteiger partial charge is 0.356 e. The Morgan fingerprint density at radius 1 is 1.35 bits per heavy atom. The molecule has 0 unspecified atom stereocenters. The van der Waals surface area contributed by atoms with Crippen LogP contribution in [0, 0.1) is 0 Å². The van der Waals surface area contributed by atoms with Crippen molar-refractivity contribution in [1.82, 2.24) is 10.6 Å². The molecule has 0 amide bonds. The maximum Gasteiger partial charge on any atom is 0.191 e. The van der Waals surface area contributed by atoms with Gasteiger partial charge in [0.1, 0.15) is 0 Å². The average molecular weight is 452 g/mol. The Bertz CT molecular complexity index is 458. The Kier molecular flexibility index (Phi) is 7.29. The Balaban J connectivity index is 0.00000200. The predicted octanol–water partition coefficient (Wildman–Crippen LogP) is 3.67. The molecule has 1 aliphatic carbocycles. The van der Waals surface area contributed by atoms with E-state index in [4.69, 9.17) is 0 Å². The Morgan fingerprint density at radius 2 is 2.10 bits per heavy atom. The lowest BCUT2D eigenvalue weighted by atomic mass is 9.96. The third-order valence-corrected chi connectivity index (χ3v) is 4.14. The van der Waals surface area contributed by atoms with Gasteiger partial charge in [-0.3, -0.25) is 4.99 Å². The van der Waals surface area contributed by atoms with Crippen LogP contribution >= 0.6 is 39.9 Å². The molecule has 0 radical (unpaired) electrons. The van der Waals surface area contributed by atoms with E-state index in [2.05, 4.69) is 62.7 Å². The molecule has 20 heavy (non-hydrogen) atoms. The maximum absolute atomic E-state index is 4.25. The molecule has 0 heterocycles. The van der Waals surface area contributed by atoms with Gasteiger partial charge in [-0.2, -0.15) is 0 Å². The number of halogens is 2. The van der Waals surface area contributed by atoms with Gasteiger partial charge in [0.2, 0.25) is 0 Å². The summed E-state index contributed by atoms with van der Waals surface area (Å²) in [6.07, 6.45) is 3.61. The fourth-order valence-corrected chi connectivity index (χ4v) is 2.65. The lowest BCUT2D eigenvalue weighted by Crippen LogP contribution is -2.41. The summed E-state index contributed by atoms with van der Waals surface area (Å²) in [5.41, 5.74) is 1.72. The zero-order valence-electron chi connectivity index (χ0n) is 12.1. The van der Waals surface area contributed by atoms with Gasteiger partial charge >= 0.3 is 0 Å². The molecule has 1 aromatic carbocycles. The maximum atomic E-state index is 4.25. The zero-order chi connectivity index (χ0) is 13.7. The van der Waals surface area contributed by atoms with Crippen LogP contribution in [0.25, 0.3) is 0 Å². The van der Waals surface area contributed by atoms with Gasteiger partial charge in [0, 0.05) is 30.0 Å². The molecular formula is C15H23BrIN3. The van der Waals surface area contributed by atoms with Gasteiger partial charge in [-0.15, -0.1) is 24.0 Å². The van der Waals surface area contributed by atoms with Crippen LogP contribution in [0.5, 0.6) is 0 Å². The van der Waals surface area contributed by atoms with Crippen molar-refractivity contribution >= 4 is 45.9 Å². The van der Waals surface area contributed by atoms with Crippen LogP contribution < -0.4 is 10.6 Å². The third-order valence-electron chi connectivity index (χ3n) is 3.65. The molecule has 0 saturated heterocycles. The van der Waals surface area contributed by atoms with Crippen molar-refractivity contribution in [3.05, 3.63) is 34.3 Å². The zero-order valence-corrected chi connectivity index (χ0v) is 16.0. The van der Waals surface area contributed by atoms with Crippen molar-refractivity contribution in [3.63, 3.8) is 0 Å². The van der Waals surface area contributed by atoms with E-state index in [1.54, 1.807) is 0 Å². The Morgan fingerprint density at radius 3 is 2.65 bits per heavy atom. The number of nitrogens with zero attached hydrogens (tertiary/aromatic N) is 1. The number of rotatable bonds is 5. The van der Waals surface area contributed by atoms with E-state index in [-0.39, 0.29) is 24.0 Å². The van der Waals surface area contributed by atoms with Gasteiger partial charge in [-0.1, -0.05) is 35.0 Å². The van der Waals surface area contributed by atoms with Crippen LogP contribution in [0.3, 0.4) is 0 Å². The summed E-state index contributed by atoms with van der Waals surface area (Å²) in [7, 11) is 1.82. The normalized spacial score (nSPS) is 16.2. The van der Waals surface area contributed by atoms with Gasteiger partial charge in [-0.25, -0.2) is 0 Å². The minimum atomic E-state index is 0. The topological polar surface area (TPSA) is 36.4 Å². The van der Waals surface area contributed by atoms with Gasteiger partial charge < -0.3 is 10.6 Å². The number of guanidine groups is 1. The van der Waals surface area contributed by atoms with Crippen LogP contribution in [0.15, 0.2) is 33.7 Å². The second-order valence-electron chi connectivity index (χ2n) is 5.14. The molecule has 0 aliphatic heterocycles. The van der Waals surface area contributed by atoms with Crippen LogP contribution in [-0.4, -0.2) is 26.1 Å². The molecule has 5 heteroatoms. The quantitative estimate of drug-likeness (QED) is 0.407. The van der Waals surface area contributed by atoms with Crippen molar-refractivity contribution in [1.29, 1.82) is 0 Å². The second kappa shape index (κ2) is 8.22. The van der Waals surface area contributed by atoms with Crippen LogP contribution in [0.1, 0.15) is 31.7 Å². The lowest BCUT2D eigenvalue weighted by molar-refractivity contribution is 0.644. The summed E-state index contributed by atoms with van der Waals surface area (Å²) < 4.78 is 1.16. The Hall–Kier alpha value is -0.300. The van der Waals surface area contributed by atoms with Gasteiger partial charge in [0.15, 0.2) is 5.96 Å². The average Bonchev–Trinajstić information content (AvgIpc) is 3.20. The molecule has 112 valence electrons. The molecule has 1 fully saturated rings. The van der Waals surface area contributed by atoms with E-state index in [1.807, 2.05) is 7.05 Å². The molecule has 1 aliphatic rings. The molecule has 0 bridgehead atoms. The minimum Gasteiger partial charge on any atom is -0.356 e. The molecule has 0 atom stereocenters. The fourth-order valence-electron chi connectivity index (χ4n) is 2.25. The number of hydrogen-bond donors (Lipinski definition) is 2. The van der Waals surface area contributed by atoms with E-state index < -0.39 is 0 Å². The first-order valence-corrected chi connectivity index (χ1v) is 7.70. The Labute approximate surface area is 147 Å². The predicted molar refractivity (Wildman–Crippen MR) is 100 cm³/mol. The molecular weight excluding hydrogens is 429 g/mol. The smallest absolute Gasteiger partial charge is 0.191 e. The molecule has 2 rings (SSSR count). The molecule has 0 spiro atoms. The number of benzene rings is 1. The highest BCUT2D eigenvalue weighted by Gasteiger charge is 2.44. The summed E-state index contributed by atoms with van der Waals surface area (Å²) in [6, 6.07) is 8.65. The van der Waals surface area contributed by atoms with E-state index in [0.717, 1.165) is 29.9 Å². The highest BCUT2D eigenvalue weighted by molar-refractivity contribution is 14.0. The lowest BCUT2D eigenvalue weighted by Gasteiger charge is -2.19. The standard InChI is InChI=1S/C15H22BrN3.HI/c1-3-9-18-14(17-2)19-11-15(7-8-15)12-5-4-6-13(16)10-12;/h4-6,10H,3,7-9,11H2,1-2H3,(H2,17,18,19);1H. The first-order chi connectivity index (χ1) is 9.20. The van der Waals surface area contributed by atoms with Crippen molar-refractivity contribution in [2.24, 2.45) is 4.99 Å². The first-order valence-electron chi connectivity index (χ1n) is 6.91. The summed E-state index contributed by atoms with van der Waals surface area (Å²) in [5, 5.41) is 6.76. The van der Waals surface area contributed by atoms with Crippen LogP contribution in [0.4, 0.5) is 0 Å². The van der Waals surface area contributed by atoms with Gasteiger partial charge in [-0.05, 0) is 37.0 Å². The molecule has 1 saturated carbocycles. The molecule has 2 N–H and O–H groups in total. The molecule has 1 aromatic rings. The second-order valence-corrected chi connectivity index (χ2v) is 6.06. The van der Waals surface area contributed by atoms with E-state index in [1.165, 1.54) is 18.4 Å². The van der Waals surface area contributed by atoms with Gasteiger partial charge in [0.25, 0.3) is 0 Å². The SMILES string of the molecule is CCCNC(=NC)NCC1(c2cccc(Br)c2)CC1.I. The minimum absolute atomic E-state index is 0. The van der Waals surface area contributed by atoms with Crippen LogP contribution in [-0.2, 0) is 5.41 Å². The van der Waals surface area contributed by atoms with Gasteiger partial charge in [0.05, 0.1) is 0 Å². The number of hydrogen-bond acceptors (Lipinski definition) is 1. The van der Waals surface area contributed by atoms with E-state index >= 15 is 0 Å². The van der Waals surface area contributed by atoms with Crippen molar-refractivity contribution in [2.75, 3.05) is 20.1 Å². The fraction of sp³-hybridized carbons (Fsp3) is 0.533. The number of nitrogens with one attached hydrogen (secondary N) is 2. The van der Waals surface area contributed by atoms with Crippen molar-refractivity contribution in [2.45, 2.75) is 31.6 Å². The summed E-state index contributed by atoms with van der Waals surface area (Å²) in [4.78, 5) is 4.25. The van der Waals surface area contributed by atoms with E-state index in [9.17, 15) is 0 Å². The van der Waals surface area contributed by atoms with E-state index in [0.29, 0.717) is 5.41 Å². The summed E-state index contributed by atoms with van der Waals surface area (Å²) in [5.74, 6) is 0.906. The van der Waals surface area contributed by atoms with Crippen molar-refractivity contribution < 1.29 is 0 Å². The molecule has 0 aromatic heterocycles. The highest BCUT2D eigenvalue weighted by Crippen LogP contribution is 2.48. The summed E-state index contributed by atoms with van der Waals surface area (Å²) in [6.45, 7) is 4.07.